The Bertz CT molecular complexity index is 113. The lowest BCUT2D eigenvalue weighted by Gasteiger charge is -2.47. The van der Waals surface area contributed by atoms with E-state index in [1.165, 1.54) is 38.9 Å². The molecule has 3 aliphatic rings. The number of fused-ring (bicyclic) bond motifs is 3. The van der Waals surface area contributed by atoms with Crippen LogP contribution in [0, 0.1) is 5.41 Å². The summed E-state index contributed by atoms with van der Waals surface area (Å²) in [6, 6.07) is 0. The minimum absolute atomic E-state index is 0.552. The molecule has 0 amide bonds. The first-order valence-corrected chi connectivity index (χ1v) is 4.66. The Morgan fingerprint density at radius 1 is 1.10 bits per heavy atom. The number of nitrogens with zero attached hydrogens (tertiary/aromatic N) is 1. The van der Waals surface area contributed by atoms with Crippen LogP contribution in [-0.2, 0) is 0 Å². The normalized spacial score (nSPS) is 45.9. The molecule has 3 aliphatic heterocycles. The molecule has 0 radical (unpaired) electrons. The van der Waals surface area contributed by atoms with Gasteiger partial charge in [-0.05, 0) is 44.3 Å². The van der Waals surface area contributed by atoms with E-state index in [0.29, 0.717) is 5.41 Å². The summed E-state index contributed by atoms with van der Waals surface area (Å²) in [5.74, 6) is 0.890. The van der Waals surface area contributed by atoms with Crippen molar-refractivity contribution < 1.29 is 0 Å². The van der Waals surface area contributed by atoms with Gasteiger partial charge in [0, 0.05) is 5.88 Å². The molecule has 2 bridgehead atoms. The fraction of sp³-hybridized carbons (Fsp3) is 1.00. The largest absolute Gasteiger partial charge is 0.303 e. The quantitative estimate of drug-likeness (QED) is 0.527. The van der Waals surface area contributed by atoms with Crippen LogP contribution in [-0.4, -0.2) is 30.4 Å². The molecule has 0 aromatic carbocycles. The SMILES string of the molecule is ClCC12CCN(CC1)CC2. The second-order valence-corrected chi connectivity index (χ2v) is 3.99. The van der Waals surface area contributed by atoms with Crippen molar-refractivity contribution in [1.29, 1.82) is 0 Å². The average molecular weight is 160 g/mol. The van der Waals surface area contributed by atoms with Gasteiger partial charge in [0.1, 0.15) is 0 Å². The van der Waals surface area contributed by atoms with E-state index < -0.39 is 0 Å². The summed E-state index contributed by atoms with van der Waals surface area (Å²) in [5.41, 5.74) is 0.552. The van der Waals surface area contributed by atoms with Gasteiger partial charge >= 0.3 is 0 Å². The lowest BCUT2D eigenvalue weighted by molar-refractivity contribution is 0.0431. The molecule has 3 fully saturated rings. The third-order valence-corrected chi connectivity index (χ3v) is 3.73. The van der Waals surface area contributed by atoms with Gasteiger partial charge in [0.25, 0.3) is 0 Å². The molecule has 1 nitrogen and oxygen atoms in total. The Morgan fingerprint density at radius 3 is 1.90 bits per heavy atom. The van der Waals surface area contributed by atoms with Crippen molar-refractivity contribution in [2.45, 2.75) is 19.3 Å². The number of halogens is 1. The Balaban J connectivity index is 2.08. The highest BCUT2D eigenvalue weighted by Crippen LogP contribution is 2.40. The summed E-state index contributed by atoms with van der Waals surface area (Å²) in [4.78, 5) is 2.55. The lowest BCUT2D eigenvalue weighted by Crippen LogP contribution is -2.48. The van der Waals surface area contributed by atoms with E-state index in [4.69, 9.17) is 11.6 Å². The Morgan fingerprint density at radius 2 is 1.60 bits per heavy atom. The van der Waals surface area contributed by atoms with Crippen molar-refractivity contribution in [3.8, 4) is 0 Å². The summed E-state index contributed by atoms with van der Waals surface area (Å²) in [6.07, 6.45) is 4.03. The van der Waals surface area contributed by atoms with Crippen molar-refractivity contribution >= 4 is 11.6 Å². The Kier molecular flexibility index (Phi) is 1.65. The number of piperidine rings is 3. The molecule has 10 heavy (non-hydrogen) atoms. The second kappa shape index (κ2) is 2.38. The zero-order chi connectivity index (χ0) is 7.03. The van der Waals surface area contributed by atoms with Gasteiger partial charge in [-0.15, -0.1) is 11.6 Å². The van der Waals surface area contributed by atoms with Gasteiger partial charge in [-0.2, -0.15) is 0 Å². The third kappa shape index (κ3) is 0.960. The average Bonchev–Trinajstić information content (AvgIpc) is 2.08. The van der Waals surface area contributed by atoms with E-state index in [0.717, 1.165) is 5.88 Å². The second-order valence-electron chi connectivity index (χ2n) is 3.73. The number of rotatable bonds is 1. The van der Waals surface area contributed by atoms with Crippen molar-refractivity contribution in [2.24, 2.45) is 5.41 Å². The van der Waals surface area contributed by atoms with E-state index in [1.807, 2.05) is 0 Å². The molecule has 3 saturated heterocycles. The highest BCUT2D eigenvalue weighted by Gasteiger charge is 2.38. The predicted molar refractivity (Wildman–Crippen MR) is 43.4 cm³/mol. The molecule has 3 heterocycles. The smallest absolute Gasteiger partial charge is 0.0281 e. The van der Waals surface area contributed by atoms with Crippen LogP contribution < -0.4 is 0 Å². The van der Waals surface area contributed by atoms with Gasteiger partial charge < -0.3 is 4.90 Å². The monoisotopic (exact) mass is 159 g/mol. The van der Waals surface area contributed by atoms with Crippen molar-refractivity contribution in [1.82, 2.24) is 4.90 Å². The molecule has 58 valence electrons. The van der Waals surface area contributed by atoms with Gasteiger partial charge in [-0.25, -0.2) is 0 Å². The Labute approximate surface area is 67.3 Å². The maximum Gasteiger partial charge on any atom is 0.0281 e. The first-order valence-electron chi connectivity index (χ1n) is 4.13. The van der Waals surface area contributed by atoms with Crippen LogP contribution in [0.4, 0.5) is 0 Å². The van der Waals surface area contributed by atoms with Crippen molar-refractivity contribution in [3.05, 3.63) is 0 Å². The van der Waals surface area contributed by atoms with Crippen LogP contribution in [0.15, 0.2) is 0 Å². The topological polar surface area (TPSA) is 3.24 Å². The van der Waals surface area contributed by atoms with Gasteiger partial charge in [0.2, 0.25) is 0 Å². The van der Waals surface area contributed by atoms with Crippen LogP contribution in [0.2, 0.25) is 0 Å². The van der Waals surface area contributed by atoms with Gasteiger partial charge in [0.05, 0.1) is 0 Å². The van der Waals surface area contributed by atoms with Crippen LogP contribution in [0.5, 0.6) is 0 Å². The molecule has 0 aliphatic carbocycles. The number of alkyl halides is 1. The van der Waals surface area contributed by atoms with Crippen LogP contribution in [0.3, 0.4) is 0 Å². The van der Waals surface area contributed by atoms with Gasteiger partial charge in [0.15, 0.2) is 0 Å². The zero-order valence-corrected chi connectivity index (χ0v) is 7.03. The molecule has 0 N–H and O–H groups in total. The molecule has 0 saturated carbocycles. The summed E-state index contributed by atoms with van der Waals surface area (Å²) in [5, 5.41) is 0. The third-order valence-electron chi connectivity index (χ3n) is 3.16. The van der Waals surface area contributed by atoms with Gasteiger partial charge in [-0.1, -0.05) is 0 Å². The number of hydrogen-bond acceptors (Lipinski definition) is 1. The molecular weight excluding hydrogens is 146 g/mol. The summed E-state index contributed by atoms with van der Waals surface area (Å²) in [6.45, 7) is 3.90. The lowest BCUT2D eigenvalue weighted by atomic mass is 9.74. The molecule has 3 rings (SSSR count). The van der Waals surface area contributed by atoms with E-state index in [1.54, 1.807) is 0 Å². The van der Waals surface area contributed by atoms with E-state index in [9.17, 15) is 0 Å². The maximum absolute atomic E-state index is 5.94. The molecular formula is C8H14ClN. The van der Waals surface area contributed by atoms with E-state index >= 15 is 0 Å². The minimum Gasteiger partial charge on any atom is -0.303 e. The first-order chi connectivity index (χ1) is 4.85. The molecule has 0 aromatic rings. The molecule has 0 aromatic heterocycles. The van der Waals surface area contributed by atoms with Crippen molar-refractivity contribution in [2.75, 3.05) is 25.5 Å². The van der Waals surface area contributed by atoms with Crippen LogP contribution in [0.25, 0.3) is 0 Å². The zero-order valence-electron chi connectivity index (χ0n) is 6.27. The molecule has 0 spiro atoms. The summed E-state index contributed by atoms with van der Waals surface area (Å²) in [7, 11) is 0. The van der Waals surface area contributed by atoms with E-state index in [-0.39, 0.29) is 0 Å². The molecule has 0 atom stereocenters. The van der Waals surface area contributed by atoms with Crippen LogP contribution >= 0.6 is 11.6 Å². The fourth-order valence-electron chi connectivity index (χ4n) is 2.10. The standard InChI is InChI=1S/C8H14ClN/c9-7-8-1-4-10(5-2-8)6-3-8/h1-7H2. The predicted octanol–water partition coefficient (Wildman–Crippen LogP) is 1.71. The number of hydrogen-bond donors (Lipinski definition) is 0. The van der Waals surface area contributed by atoms with Gasteiger partial charge in [-0.3, -0.25) is 0 Å². The Hall–Kier alpha value is 0.250. The van der Waals surface area contributed by atoms with Crippen LogP contribution in [0.1, 0.15) is 19.3 Å². The molecule has 0 unspecified atom stereocenters. The summed E-state index contributed by atoms with van der Waals surface area (Å²) < 4.78 is 0. The highest BCUT2D eigenvalue weighted by atomic mass is 35.5. The minimum atomic E-state index is 0.552. The fourth-order valence-corrected chi connectivity index (χ4v) is 2.50. The molecule has 2 heteroatoms. The van der Waals surface area contributed by atoms with E-state index in [2.05, 4.69) is 4.90 Å². The highest BCUT2D eigenvalue weighted by molar-refractivity contribution is 6.18. The van der Waals surface area contributed by atoms with Crippen molar-refractivity contribution in [3.63, 3.8) is 0 Å². The summed E-state index contributed by atoms with van der Waals surface area (Å²) >= 11 is 5.94. The first kappa shape index (κ1) is 6.93. The maximum atomic E-state index is 5.94.